The monoisotopic (exact) mass is 293 g/mol. The fraction of sp³-hybridized carbons (Fsp3) is 0.267. The number of benzene rings is 1. The van der Waals surface area contributed by atoms with E-state index in [1.165, 1.54) is 6.07 Å². The molecule has 1 aromatic heterocycles. The molecule has 0 saturated heterocycles. The summed E-state index contributed by atoms with van der Waals surface area (Å²) in [6, 6.07) is 8.50. The Morgan fingerprint density at radius 1 is 1.40 bits per heavy atom. The molecule has 0 amide bonds. The van der Waals surface area contributed by atoms with Crippen LogP contribution in [0.25, 0.3) is 0 Å². The zero-order valence-corrected chi connectivity index (χ0v) is 12.0. The summed E-state index contributed by atoms with van der Waals surface area (Å²) in [6.07, 6.45) is 3.22. The van der Waals surface area contributed by atoms with E-state index in [1.54, 1.807) is 18.3 Å². The third kappa shape index (κ3) is 3.33. The van der Waals surface area contributed by atoms with Crippen LogP contribution in [0, 0.1) is 5.82 Å². The summed E-state index contributed by atoms with van der Waals surface area (Å²) in [7, 11) is 0. The van der Waals surface area contributed by atoms with E-state index in [1.807, 2.05) is 12.1 Å². The third-order valence-electron chi connectivity index (χ3n) is 3.26. The van der Waals surface area contributed by atoms with Crippen molar-refractivity contribution in [2.45, 2.75) is 25.8 Å². The highest BCUT2D eigenvalue weighted by Gasteiger charge is 2.15. The average molecular weight is 294 g/mol. The van der Waals surface area contributed by atoms with Gasteiger partial charge in [-0.25, -0.2) is 4.39 Å². The zero-order chi connectivity index (χ0) is 14.5. The number of nitrogens with two attached hydrogens (primary N) is 1. The topological polar surface area (TPSA) is 50.9 Å². The van der Waals surface area contributed by atoms with Crippen molar-refractivity contribution in [3.8, 4) is 0 Å². The molecule has 1 atom stereocenters. The zero-order valence-electron chi connectivity index (χ0n) is 11.2. The lowest BCUT2D eigenvalue weighted by Crippen LogP contribution is -2.31. The summed E-state index contributed by atoms with van der Waals surface area (Å²) >= 11 is 5.80. The van der Waals surface area contributed by atoms with Gasteiger partial charge in [0.05, 0.1) is 16.8 Å². The summed E-state index contributed by atoms with van der Waals surface area (Å²) in [4.78, 5) is 4.41. The molecule has 1 heterocycles. The standard InChI is InChI=1S/C15H17ClFN3/c1-2-11-4-3-7-19-15(11)14(20-18)9-10-5-6-13(17)12(16)8-10/h3-8,14,20H,2,9,18H2,1H3. The number of hydrazine groups is 1. The minimum atomic E-state index is -0.417. The first-order chi connectivity index (χ1) is 9.65. The Morgan fingerprint density at radius 3 is 2.85 bits per heavy atom. The molecule has 2 rings (SSSR count). The summed E-state index contributed by atoms with van der Waals surface area (Å²) in [5.74, 6) is 5.23. The van der Waals surface area contributed by atoms with E-state index in [0.717, 1.165) is 23.2 Å². The number of hydrogen-bond donors (Lipinski definition) is 2. The first-order valence-corrected chi connectivity index (χ1v) is 6.87. The minimum absolute atomic E-state index is 0.120. The normalized spacial score (nSPS) is 12.4. The second-order valence-corrected chi connectivity index (χ2v) is 4.98. The van der Waals surface area contributed by atoms with E-state index in [2.05, 4.69) is 17.3 Å². The van der Waals surface area contributed by atoms with Crippen molar-refractivity contribution >= 4 is 11.6 Å². The predicted octanol–water partition coefficient (Wildman–Crippen LogP) is 3.18. The smallest absolute Gasteiger partial charge is 0.141 e. The molecule has 0 bridgehead atoms. The first-order valence-electron chi connectivity index (χ1n) is 6.49. The number of halogens is 2. The molecule has 5 heteroatoms. The molecule has 106 valence electrons. The molecule has 2 aromatic rings. The lowest BCUT2D eigenvalue weighted by molar-refractivity contribution is 0.533. The molecule has 0 aliphatic rings. The van der Waals surface area contributed by atoms with Gasteiger partial charge in [-0.15, -0.1) is 0 Å². The number of nitrogens with zero attached hydrogens (tertiary/aromatic N) is 1. The van der Waals surface area contributed by atoms with Gasteiger partial charge in [0.25, 0.3) is 0 Å². The fourth-order valence-electron chi connectivity index (χ4n) is 2.20. The Hall–Kier alpha value is -1.49. The number of aromatic nitrogens is 1. The highest BCUT2D eigenvalue weighted by atomic mass is 35.5. The van der Waals surface area contributed by atoms with Crippen molar-refractivity contribution < 1.29 is 4.39 Å². The Labute approximate surface area is 122 Å². The number of rotatable bonds is 5. The molecule has 0 aliphatic heterocycles. The van der Waals surface area contributed by atoms with Crippen LogP contribution < -0.4 is 11.3 Å². The maximum absolute atomic E-state index is 13.2. The van der Waals surface area contributed by atoms with Gasteiger partial charge < -0.3 is 0 Å². The van der Waals surface area contributed by atoms with Crippen LogP contribution in [0.4, 0.5) is 4.39 Å². The molecule has 3 N–H and O–H groups in total. The van der Waals surface area contributed by atoms with E-state index in [9.17, 15) is 4.39 Å². The second-order valence-electron chi connectivity index (χ2n) is 4.57. The molecular formula is C15H17ClFN3. The summed E-state index contributed by atoms with van der Waals surface area (Å²) in [6.45, 7) is 2.07. The molecule has 1 unspecified atom stereocenters. The van der Waals surface area contributed by atoms with Crippen molar-refractivity contribution in [3.63, 3.8) is 0 Å². The quantitative estimate of drug-likeness (QED) is 0.657. The maximum atomic E-state index is 13.2. The van der Waals surface area contributed by atoms with E-state index in [0.29, 0.717) is 6.42 Å². The summed E-state index contributed by atoms with van der Waals surface area (Å²) in [5.41, 5.74) is 5.74. The lowest BCUT2D eigenvalue weighted by atomic mass is 9.99. The number of pyridine rings is 1. The van der Waals surface area contributed by atoms with Crippen LogP contribution in [0.2, 0.25) is 5.02 Å². The SMILES string of the molecule is CCc1cccnc1C(Cc1ccc(F)c(Cl)c1)NN. The van der Waals surface area contributed by atoms with Crippen molar-refractivity contribution in [3.05, 3.63) is 64.2 Å². The minimum Gasteiger partial charge on any atom is -0.271 e. The predicted molar refractivity (Wildman–Crippen MR) is 78.8 cm³/mol. The Kier molecular flexibility index (Phi) is 5.06. The van der Waals surface area contributed by atoms with Crippen LogP contribution in [-0.4, -0.2) is 4.98 Å². The van der Waals surface area contributed by atoms with Crippen LogP contribution in [0.3, 0.4) is 0 Å². The number of nitrogens with one attached hydrogen (secondary N) is 1. The van der Waals surface area contributed by atoms with Crippen LogP contribution in [-0.2, 0) is 12.8 Å². The Morgan fingerprint density at radius 2 is 2.20 bits per heavy atom. The van der Waals surface area contributed by atoms with Gasteiger partial charge >= 0.3 is 0 Å². The molecule has 20 heavy (non-hydrogen) atoms. The Bertz CT molecular complexity index is 589. The summed E-state index contributed by atoms with van der Waals surface area (Å²) in [5, 5.41) is 0.120. The van der Waals surface area contributed by atoms with Gasteiger partial charge in [0.2, 0.25) is 0 Å². The average Bonchev–Trinajstić information content (AvgIpc) is 2.48. The second kappa shape index (κ2) is 6.79. The molecule has 0 spiro atoms. The van der Waals surface area contributed by atoms with E-state index in [-0.39, 0.29) is 11.1 Å². The van der Waals surface area contributed by atoms with Crippen molar-refractivity contribution in [2.24, 2.45) is 5.84 Å². The van der Waals surface area contributed by atoms with E-state index in [4.69, 9.17) is 17.4 Å². The molecular weight excluding hydrogens is 277 g/mol. The van der Waals surface area contributed by atoms with Crippen LogP contribution in [0.15, 0.2) is 36.5 Å². The van der Waals surface area contributed by atoms with Gasteiger partial charge in [0.15, 0.2) is 0 Å². The van der Waals surface area contributed by atoms with Crippen LogP contribution in [0.5, 0.6) is 0 Å². The molecule has 3 nitrogen and oxygen atoms in total. The number of hydrogen-bond acceptors (Lipinski definition) is 3. The first kappa shape index (κ1) is 14.9. The van der Waals surface area contributed by atoms with Gasteiger partial charge in [-0.2, -0.15) is 0 Å². The van der Waals surface area contributed by atoms with Crippen molar-refractivity contribution in [1.29, 1.82) is 0 Å². The fourth-order valence-corrected chi connectivity index (χ4v) is 2.40. The third-order valence-corrected chi connectivity index (χ3v) is 3.55. The highest BCUT2D eigenvalue weighted by Crippen LogP contribution is 2.23. The van der Waals surface area contributed by atoms with Crippen molar-refractivity contribution in [1.82, 2.24) is 10.4 Å². The molecule has 0 fully saturated rings. The van der Waals surface area contributed by atoms with Crippen LogP contribution in [0.1, 0.15) is 29.8 Å². The van der Waals surface area contributed by atoms with Gasteiger partial charge in [-0.05, 0) is 42.2 Å². The maximum Gasteiger partial charge on any atom is 0.141 e. The van der Waals surface area contributed by atoms with E-state index < -0.39 is 5.82 Å². The largest absolute Gasteiger partial charge is 0.271 e. The van der Waals surface area contributed by atoms with Gasteiger partial charge in [0.1, 0.15) is 5.82 Å². The molecule has 0 saturated carbocycles. The summed E-state index contributed by atoms with van der Waals surface area (Å²) < 4.78 is 13.2. The van der Waals surface area contributed by atoms with E-state index >= 15 is 0 Å². The molecule has 0 radical (unpaired) electrons. The van der Waals surface area contributed by atoms with Crippen LogP contribution >= 0.6 is 11.6 Å². The van der Waals surface area contributed by atoms with Gasteiger partial charge in [-0.1, -0.05) is 30.7 Å². The molecule has 1 aromatic carbocycles. The lowest BCUT2D eigenvalue weighted by Gasteiger charge is -2.18. The Balaban J connectivity index is 2.26. The van der Waals surface area contributed by atoms with Gasteiger partial charge in [0, 0.05) is 6.20 Å². The molecule has 0 aliphatic carbocycles. The highest BCUT2D eigenvalue weighted by molar-refractivity contribution is 6.30. The van der Waals surface area contributed by atoms with Crippen molar-refractivity contribution in [2.75, 3.05) is 0 Å². The number of aryl methyl sites for hydroxylation is 1. The van der Waals surface area contributed by atoms with Gasteiger partial charge in [-0.3, -0.25) is 16.3 Å².